The van der Waals surface area contributed by atoms with Crippen molar-refractivity contribution in [1.29, 1.82) is 0 Å². The Labute approximate surface area is 193 Å². The quantitative estimate of drug-likeness (QED) is 0.321. The average molecular weight is 580 g/mol. The molecule has 0 saturated carbocycles. The molecule has 120 valence electrons. The van der Waals surface area contributed by atoms with Gasteiger partial charge in [0, 0.05) is 0 Å². The van der Waals surface area contributed by atoms with Crippen LogP contribution in [0.4, 0.5) is 0 Å². The van der Waals surface area contributed by atoms with E-state index in [1.54, 1.807) is 0 Å². The number of hydrogen-bond donors (Lipinski definition) is 0. The summed E-state index contributed by atoms with van der Waals surface area (Å²) in [4.78, 5) is 2.56. The Kier molecular flexibility index (Phi) is 8.80. The molecule has 0 fully saturated rings. The van der Waals surface area contributed by atoms with Gasteiger partial charge < -0.3 is 24.8 Å². The SMILES string of the molecule is Brc1cc2cc(Sc3cccc4[cH-]c(Br)cc34)ccc2[cH-]1.[Cl-].[Cl-].[Zr+4]. The zero-order chi connectivity index (χ0) is 14.4. The zero-order valence-electron chi connectivity index (χ0n) is 12.2. The molecule has 0 radical (unpaired) electrons. The molecule has 0 amide bonds. The van der Waals surface area contributed by atoms with E-state index in [1.807, 2.05) is 11.8 Å². The third-order valence-corrected chi connectivity index (χ3v) is 5.53. The van der Waals surface area contributed by atoms with E-state index >= 15 is 0 Å². The van der Waals surface area contributed by atoms with Crippen molar-refractivity contribution in [1.82, 2.24) is 0 Å². The van der Waals surface area contributed by atoms with Gasteiger partial charge in [-0.3, -0.25) is 0 Å². The van der Waals surface area contributed by atoms with Gasteiger partial charge in [-0.15, -0.1) is 63.6 Å². The largest absolute Gasteiger partial charge is 4.00 e. The van der Waals surface area contributed by atoms with E-state index in [9.17, 15) is 0 Å². The third kappa shape index (κ3) is 4.58. The first-order valence-electron chi connectivity index (χ1n) is 6.58. The molecule has 4 aromatic carbocycles. The van der Waals surface area contributed by atoms with Crippen molar-refractivity contribution in [3.8, 4) is 0 Å². The van der Waals surface area contributed by atoms with Gasteiger partial charge in [-0.25, -0.2) is 0 Å². The monoisotopic (exact) mass is 576 g/mol. The van der Waals surface area contributed by atoms with Gasteiger partial charge >= 0.3 is 26.2 Å². The number of fused-ring (bicyclic) bond motifs is 2. The predicted octanol–water partition coefficient (Wildman–Crippen LogP) is 1.11. The Balaban J connectivity index is 0.000000960. The topological polar surface area (TPSA) is 0 Å². The summed E-state index contributed by atoms with van der Waals surface area (Å²) in [5.41, 5.74) is 0. The fourth-order valence-corrected chi connectivity index (χ4v) is 4.57. The van der Waals surface area contributed by atoms with Gasteiger partial charge in [0.25, 0.3) is 0 Å². The van der Waals surface area contributed by atoms with Crippen LogP contribution in [-0.2, 0) is 26.2 Å². The molecular weight excluding hydrogens is 570 g/mol. The number of benzene rings is 2. The Morgan fingerprint density at radius 3 is 2.29 bits per heavy atom. The maximum absolute atomic E-state index is 3.57. The normalized spacial score (nSPS) is 10.1. The first-order valence-corrected chi connectivity index (χ1v) is 8.98. The molecular formula is C18H10Br2Cl2SZr. The molecule has 0 aromatic heterocycles. The molecule has 0 aliphatic heterocycles. The second kappa shape index (κ2) is 9.39. The van der Waals surface area contributed by atoms with Crippen LogP contribution in [0.1, 0.15) is 0 Å². The maximum atomic E-state index is 3.57. The van der Waals surface area contributed by atoms with Crippen molar-refractivity contribution in [2.75, 3.05) is 0 Å². The van der Waals surface area contributed by atoms with Crippen LogP contribution in [0.15, 0.2) is 79.4 Å². The van der Waals surface area contributed by atoms with Gasteiger partial charge in [0.1, 0.15) is 0 Å². The second-order valence-electron chi connectivity index (χ2n) is 5.00. The summed E-state index contributed by atoms with van der Waals surface area (Å²) in [6.45, 7) is 0. The van der Waals surface area contributed by atoms with Crippen LogP contribution in [0.25, 0.3) is 21.5 Å². The number of rotatable bonds is 2. The summed E-state index contributed by atoms with van der Waals surface area (Å²) in [5.74, 6) is 0. The molecule has 0 unspecified atom stereocenters. The molecule has 24 heavy (non-hydrogen) atoms. The molecule has 0 atom stereocenters. The minimum atomic E-state index is 0. The zero-order valence-corrected chi connectivity index (χ0v) is 20.2. The molecule has 0 aliphatic carbocycles. The molecule has 6 heteroatoms. The van der Waals surface area contributed by atoms with E-state index in [0.717, 1.165) is 8.95 Å². The van der Waals surface area contributed by atoms with Crippen molar-refractivity contribution >= 4 is 65.2 Å². The summed E-state index contributed by atoms with van der Waals surface area (Å²) in [6.07, 6.45) is 0. The number of hydrogen-bond acceptors (Lipinski definition) is 1. The molecule has 0 saturated heterocycles. The van der Waals surface area contributed by atoms with Crippen molar-refractivity contribution in [3.05, 3.63) is 69.6 Å². The van der Waals surface area contributed by atoms with E-state index < -0.39 is 0 Å². The van der Waals surface area contributed by atoms with Crippen LogP contribution in [-0.4, -0.2) is 0 Å². The fraction of sp³-hybridized carbons (Fsp3) is 0. The Morgan fingerprint density at radius 2 is 1.50 bits per heavy atom. The van der Waals surface area contributed by atoms with Crippen LogP contribution in [0, 0.1) is 0 Å². The standard InChI is InChI=1S/C18H10Br2S.2ClH.Zr/c19-14-6-11-4-5-16(9-13(11)8-14)21-18-3-1-2-12-7-15(20)10-17(12)18;;;/h1-10H;2*1H;/q-2;;;+4/p-2. The molecule has 0 N–H and O–H groups in total. The van der Waals surface area contributed by atoms with E-state index in [1.165, 1.54) is 31.3 Å². The second-order valence-corrected chi connectivity index (χ2v) is 7.95. The number of halogens is 4. The summed E-state index contributed by atoms with van der Waals surface area (Å²) >= 11 is 8.92. The van der Waals surface area contributed by atoms with E-state index in [-0.39, 0.29) is 51.0 Å². The Morgan fingerprint density at radius 1 is 0.792 bits per heavy atom. The molecule has 0 bridgehead atoms. The Hall–Kier alpha value is 0.433. The van der Waals surface area contributed by atoms with Crippen LogP contribution < -0.4 is 24.8 Å². The van der Waals surface area contributed by atoms with Gasteiger partial charge in [-0.1, -0.05) is 59.0 Å². The Bertz CT molecular complexity index is 962. The van der Waals surface area contributed by atoms with Crippen molar-refractivity contribution < 1.29 is 51.0 Å². The van der Waals surface area contributed by atoms with Crippen molar-refractivity contribution in [2.24, 2.45) is 0 Å². The summed E-state index contributed by atoms with van der Waals surface area (Å²) in [5, 5.41) is 5.14. The molecule has 0 nitrogen and oxygen atoms in total. The third-order valence-electron chi connectivity index (χ3n) is 3.55. The van der Waals surface area contributed by atoms with Crippen molar-refractivity contribution in [2.45, 2.75) is 9.79 Å². The smallest absolute Gasteiger partial charge is 1.00 e. The molecule has 0 spiro atoms. The summed E-state index contributed by atoms with van der Waals surface area (Å²) in [7, 11) is 0. The first kappa shape index (κ1) is 22.5. The van der Waals surface area contributed by atoms with E-state index in [2.05, 4.69) is 92.5 Å². The summed E-state index contributed by atoms with van der Waals surface area (Å²) in [6, 6.07) is 21.8. The molecule has 4 rings (SSSR count). The van der Waals surface area contributed by atoms with Crippen LogP contribution in [0.3, 0.4) is 0 Å². The first-order chi connectivity index (χ1) is 10.2. The van der Waals surface area contributed by atoms with E-state index in [0.29, 0.717) is 0 Å². The predicted molar refractivity (Wildman–Crippen MR) is 98.6 cm³/mol. The maximum Gasteiger partial charge on any atom is 4.00 e. The minimum Gasteiger partial charge on any atom is -1.00 e. The van der Waals surface area contributed by atoms with Crippen LogP contribution in [0.5, 0.6) is 0 Å². The van der Waals surface area contributed by atoms with Gasteiger partial charge in [0.15, 0.2) is 0 Å². The fourth-order valence-electron chi connectivity index (χ4n) is 2.60. The van der Waals surface area contributed by atoms with Crippen LogP contribution in [0.2, 0.25) is 0 Å². The van der Waals surface area contributed by atoms with E-state index in [4.69, 9.17) is 0 Å². The summed E-state index contributed by atoms with van der Waals surface area (Å²) < 4.78 is 2.28. The van der Waals surface area contributed by atoms with Crippen molar-refractivity contribution in [3.63, 3.8) is 0 Å². The van der Waals surface area contributed by atoms with Gasteiger partial charge in [-0.2, -0.15) is 12.1 Å². The molecule has 0 aliphatic rings. The van der Waals surface area contributed by atoms with Gasteiger partial charge in [-0.05, 0) is 9.79 Å². The molecule has 0 heterocycles. The van der Waals surface area contributed by atoms with Crippen LogP contribution >= 0.6 is 43.6 Å². The van der Waals surface area contributed by atoms with Gasteiger partial charge in [0.05, 0.1) is 0 Å². The molecule has 4 aromatic rings. The van der Waals surface area contributed by atoms with Gasteiger partial charge in [0.2, 0.25) is 0 Å². The minimum absolute atomic E-state index is 0. The average Bonchev–Trinajstić information content (AvgIpc) is 2.99.